The van der Waals surface area contributed by atoms with E-state index in [-0.39, 0.29) is 30.2 Å². The second kappa shape index (κ2) is 11.1. The largest absolute Gasteiger partial charge is 0.406 e. The van der Waals surface area contributed by atoms with Gasteiger partial charge in [0.2, 0.25) is 5.89 Å². The van der Waals surface area contributed by atoms with Crippen LogP contribution in [0, 0.1) is 0 Å². The third-order valence-corrected chi connectivity index (χ3v) is 6.00. The molecule has 1 aliphatic heterocycles. The van der Waals surface area contributed by atoms with Gasteiger partial charge in [0, 0.05) is 18.5 Å². The van der Waals surface area contributed by atoms with Crippen LogP contribution >= 0.6 is 24.8 Å². The SMILES string of the molecule is CC(C)(N)c1nnc(NCC2(c3ccccc3)CCN(Cc3ccccc3)CC2)o1.Cl.Cl. The molecular weight excluding hydrogens is 445 g/mol. The Morgan fingerprint density at radius 2 is 1.56 bits per heavy atom. The predicted molar refractivity (Wildman–Crippen MR) is 134 cm³/mol. The first-order valence-corrected chi connectivity index (χ1v) is 10.6. The van der Waals surface area contributed by atoms with E-state index in [1.807, 2.05) is 13.8 Å². The molecule has 8 heteroatoms. The molecule has 1 saturated heterocycles. The lowest BCUT2D eigenvalue weighted by Gasteiger charge is -2.42. The fourth-order valence-electron chi connectivity index (χ4n) is 4.14. The lowest BCUT2D eigenvalue weighted by atomic mass is 9.72. The molecule has 0 unspecified atom stereocenters. The summed E-state index contributed by atoms with van der Waals surface area (Å²) < 4.78 is 5.75. The molecule has 1 aromatic heterocycles. The van der Waals surface area contributed by atoms with E-state index in [0.29, 0.717) is 11.9 Å². The van der Waals surface area contributed by atoms with Crippen LogP contribution < -0.4 is 11.1 Å². The van der Waals surface area contributed by atoms with Crippen LogP contribution in [0.1, 0.15) is 43.7 Å². The highest BCUT2D eigenvalue weighted by Gasteiger charge is 2.36. The van der Waals surface area contributed by atoms with Gasteiger partial charge < -0.3 is 15.5 Å². The van der Waals surface area contributed by atoms with E-state index in [2.05, 4.69) is 81.1 Å². The fraction of sp³-hybridized carbons (Fsp3) is 0.417. The van der Waals surface area contributed by atoms with Crippen molar-refractivity contribution in [3.63, 3.8) is 0 Å². The minimum atomic E-state index is -0.646. The summed E-state index contributed by atoms with van der Waals surface area (Å²) in [6, 6.07) is 21.9. The molecule has 1 aliphatic rings. The van der Waals surface area contributed by atoms with Crippen LogP contribution in [0.4, 0.5) is 6.01 Å². The highest BCUT2D eigenvalue weighted by molar-refractivity contribution is 5.85. The van der Waals surface area contributed by atoms with Crippen molar-refractivity contribution in [1.82, 2.24) is 15.1 Å². The maximum atomic E-state index is 6.08. The summed E-state index contributed by atoms with van der Waals surface area (Å²) in [5.41, 5.74) is 8.18. The first-order valence-electron chi connectivity index (χ1n) is 10.6. The zero-order valence-corrected chi connectivity index (χ0v) is 20.3. The highest BCUT2D eigenvalue weighted by atomic mass is 35.5. The minimum Gasteiger partial charge on any atom is -0.406 e. The molecule has 6 nitrogen and oxygen atoms in total. The summed E-state index contributed by atoms with van der Waals surface area (Å²) in [5, 5.41) is 11.6. The van der Waals surface area contributed by atoms with Gasteiger partial charge in [-0.25, -0.2) is 0 Å². The molecule has 3 aromatic rings. The Morgan fingerprint density at radius 1 is 0.969 bits per heavy atom. The summed E-state index contributed by atoms with van der Waals surface area (Å²) in [6.07, 6.45) is 2.14. The van der Waals surface area contributed by atoms with E-state index in [0.717, 1.165) is 39.0 Å². The number of anilines is 1. The van der Waals surface area contributed by atoms with E-state index in [1.165, 1.54) is 11.1 Å². The molecule has 0 atom stereocenters. The number of aromatic nitrogens is 2. The normalized spacial score (nSPS) is 16.0. The van der Waals surface area contributed by atoms with Gasteiger partial charge in [-0.3, -0.25) is 4.90 Å². The smallest absolute Gasteiger partial charge is 0.315 e. The van der Waals surface area contributed by atoms with E-state index in [1.54, 1.807) is 0 Å². The van der Waals surface area contributed by atoms with Gasteiger partial charge in [0.05, 0.1) is 5.54 Å². The number of likely N-dealkylation sites (tertiary alicyclic amines) is 1. The van der Waals surface area contributed by atoms with Crippen LogP contribution in [0.2, 0.25) is 0 Å². The molecular formula is C24H33Cl2N5O. The fourth-order valence-corrected chi connectivity index (χ4v) is 4.14. The third-order valence-electron chi connectivity index (χ3n) is 6.00. The van der Waals surface area contributed by atoms with E-state index in [9.17, 15) is 0 Å². The van der Waals surface area contributed by atoms with E-state index < -0.39 is 5.54 Å². The van der Waals surface area contributed by atoms with Crippen LogP contribution in [0.3, 0.4) is 0 Å². The lowest BCUT2D eigenvalue weighted by molar-refractivity contribution is 0.158. The lowest BCUT2D eigenvalue weighted by Crippen LogP contribution is -2.46. The van der Waals surface area contributed by atoms with Crippen molar-refractivity contribution in [3.8, 4) is 0 Å². The van der Waals surface area contributed by atoms with Crippen LogP contribution in [0.15, 0.2) is 65.1 Å². The molecule has 174 valence electrons. The molecule has 0 saturated carbocycles. The number of hydrogen-bond acceptors (Lipinski definition) is 6. The molecule has 4 rings (SSSR count). The van der Waals surface area contributed by atoms with Gasteiger partial charge in [-0.1, -0.05) is 65.8 Å². The number of halogens is 2. The second-order valence-electron chi connectivity index (χ2n) is 8.90. The number of nitrogens with one attached hydrogen (secondary N) is 1. The second-order valence-corrected chi connectivity index (χ2v) is 8.90. The molecule has 0 aliphatic carbocycles. The van der Waals surface area contributed by atoms with E-state index in [4.69, 9.17) is 10.2 Å². The molecule has 0 radical (unpaired) electrons. The van der Waals surface area contributed by atoms with Gasteiger partial charge >= 0.3 is 6.01 Å². The van der Waals surface area contributed by atoms with Crippen LogP contribution in [-0.2, 0) is 17.5 Å². The standard InChI is InChI=1S/C24H31N5O.2ClH/c1-23(2,25)21-27-28-22(30-21)26-18-24(20-11-7-4-8-12-20)13-15-29(16-14-24)17-19-9-5-3-6-10-19;;/h3-12H,13-18,25H2,1-2H3,(H,26,28);2*1H. The summed E-state index contributed by atoms with van der Waals surface area (Å²) in [7, 11) is 0. The number of piperidine rings is 1. The van der Waals surface area contributed by atoms with Crippen molar-refractivity contribution >= 4 is 30.8 Å². The van der Waals surface area contributed by atoms with Crippen molar-refractivity contribution in [3.05, 3.63) is 77.7 Å². The number of nitrogens with two attached hydrogens (primary N) is 1. The number of benzene rings is 2. The van der Waals surface area contributed by atoms with Crippen LogP contribution in [0.5, 0.6) is 0 Å². The minimum absolute atomic E-state index is 0. The van der Waals surface area contributed by atoms with Gasteiger partial charge in [0.15, 0.2) is 0 Å². The third kappa shape index (κ3) is 6.23. The maximum absolute atomic E-state index is 6.08. The molecule has 1 fully saturated rings. The van der Waals surface area contributed by atoms with Crippen LogP contribution in [-0.4, -0.2) is 34.7 Å². The summed E-state index contributed by atoms with van der Waals surface area (Å²) in [6.45, 7) is 7.57. The molecule has 0 spiro atoms. The van der Waals surface area contributed by atoms with Crippen molar-refractivity contribution in [1.29, 1.82) is 0 Å². The number of rotatable bonds is 7. The first kappa shape index (κ1) is 26.1. The Hall–Kier alpha value is -2.12. The Labute approximate surface area is 202 Å². The van der Waals surface area contributed by atoms with Crippen molar-refractivity contribution in [2.45, 2.75) is 44.2 Å². The van der Waals surface area contributed by atoms with Crippen molar-refractivity contribution < 1.29 is 4.42 Å². The molecule has 2 heterocycles. The van der Waals surface area contributed by atoms with Gasteiger partial charge in [-0.05, 0) is 50.9 Å². The number of hydrogen-bond donors (Lipinski definition) is 2. The Balaban J connectivity index is 0.00000181. The van der Waals surface area contributed by atoms with Crippen molar-refractivity contribution in [2.24, 2.45) is 5.73 Å². The Bertz CT molecular complexity index is 936. The van der Waals surface area contributed by atoms with Crippen molar-refractivity contribution in [2.75, 3.05) is 25.0 Å². The van der Waals surface area contributed by atoms with Gasteiger partial charge in [-0.2, -0.15) is 0 Å². The predicted octanol–water partition coefficient (Wildman–Crippen LogP) is 4.75. The zero-order chi connectivity index (χ0) is 21.0. The molecule has 3 N–H and O–H groups in total. The quantitative estimate of drug-likeness (QED) is 0.510. The topological polar surface area (TPSA) is 80.2 Å². The van der Waals surface area contributed by atoms with Gasteiger partial charge in [-0.15, -0.1) is 29.9 Å². The number of nitrogens with zero attached hydrogens (tertiary/aromatic N) is 3. The van der Waals surface area contributed by atoms with E-state index >= 15 is 0 Å². The average molecular weight is 478 g/mol. The maximum Gasteiger partial charge on any atom is 0.315 e. The van der Waals surface area contributed by atoms with Gasteiger partial charge in [0.25, 0.3) is 0 Å². The molecule has 0 amide bonds. The zero-order valence-electron chi connectivity index (χ0n) is 18.7. The molecule has 2 aromatic carbocycles. The summed E-state index contributed by atoms with van der Waals surface area (Å²) in [4.78, 5) is 2.54. The molecule has 32 heavy (non-hydrogen) atoms. The van der Waals surface area contributed by atoms with Crippen LogP contribution in [0.25, 0.3) is 0 Å². The monoisotopic (exact) mass is 477 g/mol. The summed E-state index contributed by atoms with van der Waals surface area (Å²) in [5.74, 6) is 0.441. The Kier molecular flexibility index (Phi) is 9.10. The molecule has 0 bridgehead atoms. The highest BCUT2D eigenvalue weighted by Crippen LogP contribution is 2.36. The van der Waals surface area contributed by atoms with Gasteiger partial charge in [0.1, 0.15) is 0 Å². The Morgan fingerprint density at radius 3 is 2.12 bits per heavy atom. The average Bonchev–Trinajstić information content (AvgIpc) is 3.25. The first-order chi connectivity index (χ1) is 14.4. The summed E-state index contributed by atoms with van der Waals surface area (Å²) >= 11 is 0.